The van der Waals surface area contributed by atoms with Gasteiger partial charge in [-0.25, -0.2) is 4.79 Å². The monoisotopic (exact) mass is 311 g/mol. The zero-order valence-electron chi connectivity index (χ0n) is 12.5. The molecule has 0 fully saturated rings. The lowest BCUT2D eigenvalue weighted by Gasteiger charge is -2.25. The van der Waals surface area contributed by atoms with Crippen molar-refractivity contribution < 1.29 is 19.4 Å². The highest BCUT2D eigenvalue weighted by atomic mass is 16.5. The number of para-hydroxylation sites is 1. The van der Waals surface area contributed by atoms with Gasteiger partial charge in [-0.15, -0.1) is 0 Å². The summed E-state index contributed by atoms with van der Waals surface area (Å²) in [6.45, 7) is 0.903. The summed E-state index contributed by atoms with van der Waals surface area (Å²) < 4.78 is 5.57. The van der Waals surface area contributed by atoms with Gasteiger partial charge in [-0.3, -0.25) is 4.79 Å². The highest BCUT2D eigenvalue weighted by Crippen LogP contribution is 2.33. The van der Waals surface area contributed by atoms with Gasteiger partial charge in [0.15, 0.2) is 0 Å². The molecular weight excluding hydrogens is 294 g/mol. The number of carbonyl (C=O) groups is 2. The molecular formula is C18H17NO4. The summed E-state index contributed by atoms with van der Waals surface area (Å²) in [6.07, 6.45) is 0.654. The van der Waals surface area contributed by atoms with Crippen LogP contribution in [0.3, 0.4) is 0 Å². The Hall–Kier alpha value is -2.82. The summed E-state index contributed by atoms with van der Waals surface area (Å²) in [5.41, 5.74) is 2.01. The topological polar surface area (TPSA) is 75.6 Å². The zero-order valence-corrected chi connectivity index (χ0v) is 12.5. The molecule has 23 heavy (non-hydrogen) atoms. The van der Waals surface area contributed by atoms with Crippen molar-refractivity contribution in [2.45, 2.75) is 18.9 Å². The number of hydrogen-bond acceptors (Lipinski definition) is 3. The van der Waals surface area contributed by atoms with Crippen LogP contribution >= 0.6 is 0 Å². The van der Waals surface area contributed by atoms with Crippen LogP contribution < -0.4 is 10.1 Å². The van der Waals surface area contributed by atoms with Crippen molar-refractivity contribution in [1.29, 1.82) is 0 Å². The van der Waals surface area contributed by atoms with Gasteiger partial charge >= 0.3 is 5.97 Å². The van der Waals surface area contributed by atoms with E-state index in [1.54, 1.807) is 12.1 Å². The van der Waals surface area contributed by atoms with E-state index in [-0.39, 0.29) is 17.4 Å². The maximum atomic E-state index is 12.4. The first-order valence-electron chi connectivity index (χ1n) is 7.47. The second-order valence-corrected chi connectivity index (χ2v) is 5.45. The Morgan fingerprint density at radius 3 is 2.61 bits per heavy atom. The molecule has 1 amide bonds. The molecule has 5 heteroatoms. The molecule has 0 aromatic heterocycles. The molecule has 0 aliphatic carbocycles. The quantitative estimate of drug-likeness (QED) is 0.910. The van der Waals surface area contributed by atoms with Gasteiger partial charge in [0.05, 0.1) is 18.1 Å². The summed E-state index contributed by atoms with van der Waals surface area (Å²) >= 11 is 0. The number of nitrogens with one attached hydrogen (secondary N) is 1. The molecule has 5 nitrogen and oxygen atoms in total. The van der Waals surface area contributed by atoms with Crippen molar-refractivity contribution in [3.8, 4) is 5.75 Å². The maximum absolute atomic E-state index is 12.4. The van der Waals surface area contributed by atoms with Gasteiger partial charge in [-0.1, -0.05) is 30.3 Å². The second-order valence-electron chi connectivity index (χ2n) is 5.45. The fraction of sp³-hybridized carbons (Fsp3) is 0.222. The Bertz CT molecular complexity index is 724. The van der Waals surface area contributed by atoms with Gasteiger partial charge in [-0.05, 0) is 30.2 Å². The Morgan fingerprint density at radius 2 is 1.87 bits per heavy atom. The number of rotatable bonds is 4. The minimum absolute atomic E-state index is 0.0388. The van der Waals surface area contributed by atoms with E-state index in [2.05, 4.69) is 5.32 Å². The maximum Gasteiger partial charge on any atom is 0.335 e. The minimum Gasteiger partial charge on any atom is -0.493 e. The fourth-order valence-corrected chi connectivity index (χ4v) is 2.69. The Balaban J connectivity index is 1.65. The molecule has 0 saturated heterocycles. The molecule has 3 rings (SSSR count). The van der Waals surface area contributed by atoms with Gasteiger partial charge in [0, 0.05) is 12.1 Å². The summed E-state index contributed by atoms with van der Waals surface area (Å²) in [4.78, 5) is 23.3. The highest BCUT2D eigenvalue weighted by molar-refractivity contribution is 5.87. The summed E-state index contributed by atoms with van der Waals surface area (Å²) in [6, 6.07) is 14.1. The molecule has 1 atom stereocenters. The van der Waals surface area contributed by atoms with E-state index in [0.29, 0.717) is 19.6 Å². The number of benzene rings is 2. The summed E-state index contributed by atoms with van der Waals surface area (Å²) in [5.74, 6) is -0.439. The molecule has 2 N–H and O–H groups in total. The summed E-state index contributed by atoms with van der Waals surface area (Å²) in [7, 11) is 0. The minimum atomic E-state index is -0.959. The molecule has 1 heterocycles. The number of fused-ring (bicyclic) bond motifs is 1. The number of ether oxygens (including phenoxy) is 1. The third-order valence-corrected chi connectivity index (χ3v) is 3.94. The number of carboxylic acid groups (broad SMARTS) is 1. The molecule has 1 unspecified atom stereocenters. The average Bonchev–Trinajstić information content (AvgIpc) is 2.59. The highest BCUT2D eigenvalue weighted by Gasteiger charge is 2.27. The first kappa shape index (κ1) is 15.1. The lowest BCUT2D eigenvalue weighted by Crippen LogP contribution is -2.32. The van der Waals surface area contributed by atoms with Crippen molar-refractivity contribution in [3.05, 3.63) is 65.2 Å². The molecule has 2 aromatic rings. The zero-order chi connectivity index (χ0) is 16.2. The standard InChI is InChI=1S/C18H17NO4/c20-17(15-9-10-23-16-4-2-1-3-14(15)16)19-11-12-5-7-13(8-6-12)18(21)22/h1-8,15H,9-11H2,(H,19,20)(H,21,22). The number of aromatic carboxylic acids is 1. The Morgan fingerprint density at radius 1 is 1.13 bits per heavy atom. The van der Waals surface area contributed by atoms with Crippen molar-refractivity contribution in [3.63, 3.8) is 0 Å². The van der Waals surface area contributed by atoms with Gasteiger partial charge in [0.25, 0.3) is 0 Å². The van der Waals surface area contributed by atoms with Crippen LogP contribution in [0, 0.1) is 0 Å². The van der Waals surface area contributed by atoms with E-state index in [4.69, 9.17) is 9.84 Å². The van der Waals surface area contributed by atoms with Gasteiger partial charge in [0.2, 0.25) is 5.91 Å². The first-order chi connectivity index (χ1) is 11.1. The van der Waals surface area contributed by atoms with Gasteiger partial charge in [-0.2, -0.15) is 0 Å². The van der Waals surface area contributed by atoms with Crippen molar-refractivity contribution in [1.82, 2.24) is 5.32 Å². The van der Waals surface area contributed by atoms with Crippen LogP contribution in [0.5, 0.6) is 5.75 Å². The van der Waals surface area contributed by atoms with Crippen LogP contribution in [0.2, 0.25) is 0 Å². The number of amides is 1. The van der Waals surface area contributed by atoms with E-state index in [0.717, 1.165) is 16.9 Å². The normalized spacial score (nSPS) is 16.1. The van der Waals surface area contributed by atoms with Crippen LogP contribution in [-0.4, -0.2) is 23.6 Å². The molecule has 1 aliphatic heterocycles. The fourth-order valence-electron chi connectivity index (χ4n) is 2.69. The van der Waals surface area contributed by atoms with E-state index in [9.17, 15) is 9.59 Å². The van der Waals surface area contributed by atoms with Gasteiger partial charge < -0.3 is 15.2 Å². The largest absolute Gasteiger partial charge is 0.493 e. The molecule has 1 aliphatic rings. The smallest absolute Gasteiger partial charge is 0.335 e. The SMILES string of the molecule is O=C(O)c1ccc(CNC(=O)C2CCOc3ccccc32)cc1. The average molecular weight is 311 g/mol. The van der Waals surface area contributed by atoms with Gasteiger partial charge in [0.1, 0.15) is 5.75 Å². The number of hydrogen-bond donors (Lipinski definition) is 2. The van der Waals surface area contributed by atoms with E-state index in [1.165, 1.54) is 12.1 Å². The van der Waals surface area contributed by atoms with E-state index in [1.807, 2.05) is 24.3 Å². The number of carboxylic acids is 1. The lowest BCUT2D eigenvalue weighted by atomic mass is 9.92. The van der Waals surface area contributed by atoms with Crippen molar-refractivity contribution >= 4 is 11.9 Å². The summed E-state index contributed by atoms with van der Waals surface area (Å²) in [5, 5.41) is 11.8. The molecule has 0 saturated carbocycles. The van der Waals surface area contributed by atoms with Crippen LogP contribution in [0.1, 0.15) is 33.8 Å². The van der Waals surface area contributed by atoms with Crippen LogP contribution in [0.15, 0.2) is 48.5 Å². The predicted molar refractivity (Wildman–Crippen MR) is 84.5 cm³/mol. The van der Waals surface area contributed by atoms with Crippen LogP contribution in [-0.2, 0) is 11.3 Å². The van der Waals surface area contributed by atoms with Crippen molar-refractivity contribution in [2.75, 3.05) is 6.61 Å². The molecule has 0 spiro atoms. The van der Waals surface area contributed by atoms with Crippen LogP contribution in [0.25, 0.3) is 0 Å². The van der Waals surface area contributed by atoms with Crippen LogP contribution in [0.4, 0.5) is 0 Å². The van der Waals surface area contributed by atoms with E-state index >= 15 is 0 Å². The first-order valence-corrected chi connectivity index (χ1v) is 7.47. The Labute approximate surface area is 133 Å². The Kier molecular flexibility index (Phi) is 4.28. The van der Waals surface area contributed by atoms with Crippen molar-refractivity contribution in [2.24, 2.45) is 0 Å². The van der Waals surface area contributed by atoms with E-state index < -0.39 is 5.97 Å². The molecule has 2 aromatic carbocycles. The lowest BCUT2D eigenvalue weighted by molar-refractivity contribution is -0.123. The molecule has 0 bridgehead atoms. The molecule has 0 radical (unpaired) electrons. The third-order valence-electron chi connectivity index (χ3n) is 3.94. The second kappa shape index (κ2) is 6.52. The third kappa shape index (κ3) is 3.34. The number of carbonyl (C=O) groups excluding carboxylic acids is 1. The molecule has 118 valence electrons. The predicted octanol–water partition coefficient (Wildman–Crippen LogP) is 2.57.